The van der Waals surface area contributed by atoms with Crippen LogP contribution in [0.15, 0.2) is 36.1 Å². The van der Waals surface area contributed by atoms with Crippen molar-refractivity contribution in [3.8, 4) is 0 Å². The highest BCUT2D eigenvalue weighted by Crippen LogP contribution is 2.18. The molecule has 0 bridgehead atoms. The molecule has 0 saturated carbocycles. The Morgan fingerprint density at radius 2 is 2.38 bits per heavy atom. The Labute approximate surface area is 146 Å². The van der Waals surface area contributed by atoms with Crippen LogP contribution in [0.4, 0.5) is 5.13 Å². The molecule has 0 spiro atoms. The maximum absolute atomic E-state index is 12.6. The lowest BCUT2D eigenvalue weighted by atomic mass is 10.2. The van der Waals surface area contributed by atoms with Crippen LogP contribution in [0.25, 0.3) is 0 Å². The third kappa shape index (κ3) is 4.59. The normalized spacial score (nSPS) is 17.3. The maximum Gasteiger partial charge on any atom is 0.242 e. The monoisotopic (exact) mass is 346 g/mol. The third-order valence-corrected chi connectivity index (χ3v) is 4.90. The number of likely N-dealkylation sites (N-methyl/N-ethyl adjacent to an activating group) is 1. The lowest BCUT2D eigenvalue weighted by molar-refractivity contribution is -0.119. The van der Waals surface area contributed by atoms with Crippen molar-refractivity contribution in [3.05, 3.63) is 41.7 Å². The molecule has 0 unspecified atom stereocenters. The molecule has 24 heavy (non-hydrogen) atoms. The third-order valence-electron chi connectivity index (χ3n) is 4.05. The van der Waals surface area contributed by atoms with E-state index >= 15 is 0 Å². The van der Waals surface area contributed by atoms with E-state index in [-0.39, 0.29) is 12.0 Å². The minimum atomic E-state index is 0.0341. The summed E-state index contributed by atoms with van der Waals surface area (Å²) in [7, 11) is 1.77. The number of carbonyl (C=O) groups excluding carboxylic acids is 1. The highest BCUT2D eigenvalue weighted by Gasteiger charge is 2.23. The molecule has 1 saturated heterocycles. The van der Waals surface area contributed by atoms with Gasteiger partial charge < -0.3 is 4.74 Å². The number of thiazole rings is 1. The van der Waals surface area contributed by atoms with Crippen molar-refractivity contribution in [1.82, 2.24) is 14.9 Å². The maximum atomic E-state index is 12.6. The van der Waals surface area contributed by atoms with Crippen molar-refractivity contribution >= 4 is 22.4 Å². The number of nitrogens with zero attached hydrogens (tertiary/aromatic N) is 4. The van der Waals surface area contributed by atoms with Crippen molar-refractivity contribution in [2.24, 2.45) is 0 Å². The first-order valence-electron chi connectivity index (χ1n) is 8.11. The van der Waals surface area contributed by atoms with E-state index in [0.717, 1.165) is 36.7 Å². The zero-order valence-electron chi connectivity index (χ0n) is 13.8. The molecule has 1 amide bonds. The van der Waals surface area contributed by atoms with Gasteiger partial charge in [-0.2, -0.15) is 0 Å². The number of carbonyl (C=O) groups is 1. The Hall–Kier alpha value is -1.83. The molecule has 0 N–H and O–H groups in total. The van der Waals surface area contributed by atoms with Crippen LogP contribution >= 0.6 is 11.3 Å². The standard InChI is InChI=1S/C17H22N4O2S/c1-20(17-19-7-9-24-17)16(22)13-21(12-15-5-3-8-23-15)11-14-4-2-6-18-10-14/h2,4,6-7,9-10,15H,3,5,8,11-13H2,1H3/t15-/m1/s1. The number of pyridine rings is 1. The van der Waals surface area contributed by atoms with Crippen molar-refractivity contribution in [2.75, 3.05) is 31.6 Å². The topological polar surface area (TPSA) is 58.6 Å². The summed E-state index contributed by atoms with van der Waals surface area (Å²) < 4.78 is 5.74. The SMILES string of the molecule is CN(C(=O)CN(Cc1cccnc1)C[C@H]1CCCO1)c1nccs1. The smallest absolute Gasteiger partial charge is 0.242 e. The van der Waals surface area contributed by atoms with Gasteiger partial charge in [0.15, 0.2) is 5.13 Å². The minimum absolute atomic E-state index is 0.0341. The molecule has 0 radical (unpaired) electrons. The molecule has 3 heterocycles. The lowest BCUT2D eigenvalue weighted by Gasteiger charge is -2.26. The number of anilines is 1. The van der Waals surface area contributed by atoms with Crippen molar-refractivity contribution in [3.63, 3.8) is 0 Å². The largest absolute Gasteiger partial charge is 0.377 e. The first-order chi connectivity index (χ1) is 11.7. The van der Waals surface area contributed by atoms with Crippen LogP contribution in [0.5, 0.6) is 0 Å². The fourth-order valence-electron chi connectivity index (χ4n) is 2.80. The summed E-state index contributed by atoms with van der Waals surface area (Å²) in [6.07, 6.45) is 7.68. The Morgan fingerprint density at radius 1 is 1.46 bits per heavy atom. The molecule has 1 fully saturated rings. The lowest BCUT2D eigenvalue weighted by Crippen LogP contribution is -2.41. The number of amides is 1. The molecule has 0 aromatic carbocycles. The van der Waals surface area contributed by atoms with Gasteiger partial charge in [0.05, 0.1) is 12.6 Å². The molecule has 3 rings (SSSR count). The van der Waals surface area contributed by atoms with Crippen LogP contribution in [0, 0.1) is 0 Å². The summed E-state index contributed by atoms with van der Waals surface area (Å²) >= 11 is 1.46. The predicted octanol–water partition coefficient (Wildman–Crippen LogP) is 2.18. The van der Waals surface area contributed by atoms with E-state index in [1.54, 1.807) is 24.3 Å². The number of ether oxygens (including phenoxy) is 1. The van der Waals surface area contributed by atoms with Gasteiger partial charge in [0, 0.05) is 50.7 Å². The van der Waals surface area contributed by atoms with E-state index in [2.05, 4.69) is 14.9 Å². The van der Waals surface area contributed by atoms with Crippen LogP contribution < -0.4 is 4.90 Å². The van der Waals surface area contributed by atoms with E-state index in [0.29, 0.717) is 13.1 Å². The van der Waals surface area contributed by atoms with Gasteiger partial charge in [0.2, 0.25) is 5.91 Å². The van der Waals surface area contributed by atoms with Gasteiger partial charge in [-0.1, -0.05) is 6.07 Å². The summed E-state index contributed by atoms with van der Waals surface area (Å²) in [4.78, 5) is 24.7. The number of rotatable bonds is 7. The molecule has 128 valence electrons. The van der Waals surface area contributed by atoms with Crippen LogP contribution in [0.3, 0.4) is 0 Å². The minimum Gasteiger partial charge on any atom is -0.377 e. The van der Waals surface area contributed by atoms with Gasteiger partial charge in [-0.15, -0.1) is 11.3 Å². The van der Waals surface area contributed by atoms with Crippen molar-refractivity contribution in [2.45, 2.75) is 25.5 Å². The van der Waals surface area contributed by atoms with Gasteiger partial charge >= 0.3 is 0 Å². The molecule has 0 aliphatic carbocycles. The Balaban J connectivity index is 1.65. The summed E-state index contributed by atoms with van der Waals surface area (Å²) in [5.74, 6) is 0.0341. The highest BCUT2D eigenvalue weighted by molar-refractivity contribution is 7.13. The molecule has 1 aliphatic rings. The van der Waals surface area contributed by atoms with Crippen LogP contribution in [0.2, 0.25) is 0 Å². The fourth-order valence-corrected chi connectivity index (χ4v) is 3.42. The summed E-state index contributed by atoms with van der Waals surface area (Å²) in [5, 5.41) is 2.59. The predicted molar refractivity (Wildman–Crippen MR) is 94.0 cm³/mol. The second-order valence-electron chi connectivity index (χ2n) is 5.93. The quantitative estimate of drug-likeness (QED) is 0.769. The molecule has 2 aromatic heterocycles. The average Bonchev–Trinajstić information content (AvgIpc) is 3.28. The van der Waals surface area contributed by atoms with Gasteiger partial charge in [0.1, 0.15) is 0 Å². The first-order valence-corrected chi connectivity index (χ1v) is 8.99. The summed E-state index contributed by atoms with van der Waals surface area (Å²) in [6, 6.07) is 3.95. The zero-order chi connectivity index (χ0) is 16.8. The van der Waals surface area contributed by atoms with Gasteiger partial charge in [-0.05, 0) is 24.5 Å². The molecule has 7 heteroatoms. The second-order valence-corrected chi connectivity index (χ2v) is 6.81. The van der Waals surface area contributed by atoms with E-state index in [1.165, 1.54) is 11.3 Å². The zero-order valence-corrected chi connectivity index (χ0v) is 14.6. The Bertz CT molecular complexity index is 629. The number of hydrogen-bond donors (Lipinski definition) is 0. The molecule has 1 aliphatic heterocycles. The van der Waals surface area contributed by atoms with E-state index in [4.69, 9.17) is 4.74 Å². The summed E-state index contributed by atoms with van der Waals surface area (Å²) in [5.41, 5.74) is 1.10. The van der Waals surface area contributed by atoms with E-state index < -0.39 is 0 Å². The molecule has 6 nitrogen and oxygen atoms in total. The van der Waals surface area contributed by atoms with Gasteiger partial charge in [0.25, 0.3) is 0 Å². The second kappa shape index (κ2) is 8.32. The fraction of sp³-hybridized carbons (Fsp3) is 0.471. The molecular formula is C17H22N4O2S. The average molecular weight is 346 g/mol. The highest BCUT2D eigenvalue weighted by atomic mass is 32.1. The summed E-state index contributed by atoms with van der Waals surface area (Å²) in [6.45, 7) is 2.60. The van der Waals surface area contributed by atoms with E-state index in [1.807, 2.05) is 23.7 Å². The van der Waals surface area contributed by atoms with Crippen LogP contribution in [-0.4, -0.2) is 53.6 Å². The number of hydrogen-bond acceptors (Lipinski definition) is 6. The Kier molecular flexibility index (Phi) is 5.90. The van der Waals surface area contributed by atoms with Crippen LogP contribution in [0.1, 0.15) is 18.4 Å². The van der Waals surface area contributed by atoms with Gasteiger partial charge in [-0.3, -0.25) is 19.6 Å². The van der Waals surface area contributed by atoms with Crippen molar-refractivity contribution in [1.29, 1.82) is 0 Å². The molecule has 2 aromatic rings. The van der Waals surface area contributed by atoms with Crippen molar-refractivity contribution < 1.29 is 9.53 Å². The molecular weight excluding hydrogens is 324 g/mol. The van der Waals surface area contributed by atoms with Gasteiger partial charge in [-0.25, -0.2) is 4.98 Å². The molecule has 1 atom stereocenters. The number of aromatic nitrogens is 2. The Morgan fingerprint density at radius 3 is 3.04 bits per heavy atom. The van der Waals surface area contributed by atoms with Crippen LogP contribution in [-0.2, 0) is 16.1 Å². The van der Waals surface area contributed by atoms with E-state index in [9.17, 15) is 4.79 Å². The first kappa shape index (κ1) is 17.0.